The third-order valence-electron chi connectivity index (χ3n) is 3.29. The smallest absolute Gasteiger partial charge is 0.0954 e. The molecular weight excluding hydrogens is 246 g/mol. The summed E-state index contributed by atoms with van der Waals surface area (Å²) in [4.78, 5) is 4.21. The standard InChI is InChI=1S/C14H18ClN3/c1-3-13(16)14-8-17-9-18(14)10(2)11-6-4-5-7-12(11)15/h4-10,13H,3,16H2,1-2H3/t10?,13-/m1/s1. The number of rotatable bonds is 4. The first-order valence-electron chi connectivity index (χ1n) is 6.16. The molecule has 0 aliphatic carbocycles. The molecule has 1 unspecified atom stereocenters. The third-order valence-corrected chi connectivity index (χ3v) is 3.63. The molecule has 2 atom stereocenters. The maximum Gasteiger partial charge on any atom is 0.0954 e. The van der Waals surface area contributed by atoms with Gasteiger partial charge < -0.3 is 10.3 Å². The Kier molecular flexibility index (Phi) is 4.04. The third kappa shape index (κ3) is 2.42. The number of halogens is 1. The summed E-state index contributed by atoms with van der Waals surface area (Å²) in [6.07, 6.45) is 4.54. The lowest BCUT2D eigenvalue weighted by molar-refractivity contribution is 0.558. The van der Waals surface area contributed by atoms with Crippen molar-refractivity contribution in [1.82, 2.24) is 9.55 Å². The highest BCUT2D eigenvalue weighted by Crippen LogP contribution is 2.28. The van der Waals surface area contributed by atoms with E-state index in [4.69, 9.17) is 17.3 Å². The quantitative estimate of drug-likeness (QED) is 0.917. The lowest BCUT2D eigenvalue weighted by atomic mass is 10.1. The Morgan fingerprint density at radius 1 is 1.39 bits per heavy atom. The van der Waals surface area contributed by atoms with Gasteiger partial charge in [-0.2, -0.15) is 0 Å². The average Bonchev–Trinajstić information content (AvgIpc) is 2.86. The van der Waals surface area contributed by atoms with Gasteiger partial charge in [0.2, 0.25) is 0 Å². The Balaban J connectivity index is 2.38. The Morgan fingerprint density at radius 3 is 2.78 bits per heavy atom. The van der Waals surface area contributed by atoms with Crippen LogP contribution in [0.5, 0.6) is 0 Å². The van der Waals surface area contributed by atoms with Crippen molar-refractivity contribution in [2.24, 2.45) is 5.73 Å². The summed E-state index contributed by atoms with van der Waals surface area (Å²) >= 11 is 6.24. The Hall–Kier alpha value is -1.32. The van der Waals surface area contributed by atoms with E-state index in [1.54, 1.807) is 0 Å². The first-order chi connectivity index (χ1) is 8.65. The van der Waals surface area contributed by atoms with Crippen LogP contribution in [0.1, 0.15) is 43.6 Å². The van der Waals surface area contributed by atoms with Gasteiger partial charge >= 0.3 is 0 Å². The zero-order chi connectivity index (χ0) is 13.1. The minimum absolute atomic E-state index is 0.0115. The summed E-state index contributed by atoms with van der Waals surface area (Å²) in [6, 6.07) is 8.02. The average molecular weight is 264 g/mol. The number of aromatic nitrogens is 2. The predicted octanol–water partition coefficient (Wildman–Crippen LogP) is 3.56. The molecule has 4 heteroatoms. The Morgan fingerprint density at radius 2 is 2.11 bits per heavy atom. The molecule has 2 aromatic rings. The largest absolute Gasteiger partial charge is 0.326 e. The van der Waals surface area contributed by atoms with Gasteiger partial charge in [-0.1, -0.05) is 36.7 Å². The number of hydrogen-bond donors (Lipinski definition) is 1. The minimum Gasteiger partial charge on any atom is -0.326 e. The van der Waals surface area contributed by atoms with E-state index in [9.17, 15) is 0 Å². The molecule has 1 aromatic carbocycles. The van der Waals surface area contributed by atoms with E-state index in [2.05, 4.69) is 23.4 Å². The van der Waals surface area contributed by atoms with Gasteiger partial charge in [0.15, 0.2) is 0 Å². The summed E-state index contributed by atoms with van der Waals surface area (Å²) in [5.41, 5.74) is 8.23. The van der Waals surface area contributed by atoms with Gasteiger partial charge in [0.25, 0.3) is 0 Å². The van der Waals surface area contributed by atoms with Gasteiger partial charge in [0, 0.05) is 17.3 Å². The number of nitrogens with two attached hydrogens (primary N) is 1. The zero-order valence-corrected chi connectivity index (χ0v) is 11.4. The molecule has 96 valence electrons. The van der Waals surface area contributed by atoms with Crippen LogP contribution in [0.4, 0.5) is 0 Å². The Bertz CT molecular complexity index is 521. The Labute approximate surface area is 113 Å². The van der Waals surface area contributed by atoms with Gasteiger partial charge in [-0.3, -0.25) is 0 Å². The lowest BCUT2D eigenvalue weighted by Gasteiger charge is -2.20. The maximum absolute atomic E-state index is 6.24. The zero-order valence-electron chi connectivity index (χ0n) is 10.7. The first-order valence-corrected chi connectivity index (χ1v) is 6.54. The van der Waals surface area contributed by atoms with E-state index in [0.717, 1.165) is 22.7 Å². The van der Waals surface area contributed by atoms with E-state index in [1.165, 1.54) is 0 Å². The van der Waals surface area contributed by atoms with E-state index < -0.39 is 0 Å². The molecule has 0 aliphatic rings. The topological polar surface area (TPSA) is 43.8 Å². The van der Waals surface area contributed by atoms with Gasteiger partial charge in [-0.05, 0) is 25.0 Å². The number of nitrogens with zero attached hydrogens (tertiary/aromatic N) is 2. The summed E-state index contributed by atoms with van der Waals surface area (Å²) < 4.78 is 2.09. The van der Waals surface area contributed by atoms with Crippen LogP contribution in [-0.4, -0.2) is 9.55 Å². The molecule has 0 saturated heterocycles. The minimum atomic E-state index is 0.0115. The number of imidazole rings is 1. The fourth-order valence-corrected chi connectivity index (χ4v) is 2.39. The van der Waals surface area contributed by atoms with Crippen LogP contribution in [0.2, 0.25) is 5.02 Å². The highest BCUT2D eigenvalue weighted by atomic mass is 35.5. The van der Waals surface area contributed by atoms with Crippen molar-refractivity contribution in [3.05, 3.63) is 53.1 Å². The maximum atomic E-state index is 6.24. The molecule has 0 aliphatic heterocycles. The van der Waals surface area contributed by atoms with Crippen LogP contribution in [-0.2, 0) is 0 Å². The van der Waals surface area contributed by atoms with Crippen molar-refractivity contribution in [2.45, 2.75) is 32.4 Å². The molecule has 0 saturated carbocycles. The number of hydrogen-bond acceptors (Lipinski definition) is 2. The molecule has 0 radical (unpaired) electrons. The van der Waals surface area contributed by atoms with Crippen LogP contribution in [0.25, 0.3) is 0 Å². The van der Waals surface area contributed by atoms with E-state index in [0.29, 0.717) is 0 Å². The summed E-state index contributed by atoms with van der Waals surface area (Å²) in [7, 11) is 0. The van der Waals surface area contributed by atoms with Crippen molar-refractivity contribution in [3.63, 3.8) is 0 Å². The van der Waals surface area contributed by atoms with Gasteiger partial charge in [0.1, 0.15) is 0 Å². The molecule has 0 bridgehead atoms. The predicted molar refractivity (Wildman–Crippen MR) is 74.7 cm³/mol. The first kappa shape index (κ1) is 13.1. The van der Waals surface area contributed by atoms with Crippen molar-refractivity contribution in [2.75, 3.05) is 0 Å². The SMILES string of the molecule is CC[C@@H](N)c1cncn1C(C)c1ccccc1Cl. The van der Waals surface area contributed by atoms with Gasteiger partial charge in [0.05, 0.1) is 18.1 Å². The lowest BCUT2D eigenvalue weighted by Crippen LogP contribution is -2.17. The number of benzene rings is 1. The van der Waals surface area contributed by atoms with Crippen LogP contribution >= 0.6 is 11.6 Å². The molecule has 1 heterocycles. The molecule has 0 spiro atoms. The molecule has 3 nitrogen and oxygen atoms in total. The van der Waals surface area contributed by atoms with Crippen molar-refractivity contribution >= 4 is 11.6 Å². The van der Waals surface area contributed by atoms with Gasteiger partial charge in [-0.25, -0.2) is 4.98 Å². The van der Waals surface area contributed by atoms with Crippen molar-refractivity contribution < 1.29 is 0 Å². The monoisotopic (exact) mass is 263 g/mol. The molecule has 18 heavy (non-hydrogen) atoms. The van der Waals surface area contributed by atoms with Crippen molar-refractivity contribution in [3.8, 4) is 0 Å². The molecule has 2 N–H and O–H groups in total. The second kappa shape index (κ2) is 5.55. The van der Waals surface area contributed by atoms with E-state index >= 15 is 0 Å². The fourth-order valence-electron chi connectivity index (χ4n) is 2.10. The summed E-state index contributed by atoms with van der Waals surface area (Å²) in [6.45, 7) is 4.18. The molecule has 0 amide bonds. The van der Waals surface area contributed by atoms with Crippen LogP contribution in [0.3, 0.4) is 0 Å². The van der Waals surface area contributed by atoms with Crippen LogP contribution in [0.15, 0.2) is 36.8 Å². The second-order valence-corrected chi connectivity index (χ2v) is 4.85. The van der Waals surface area contributed by atoms with Gasteiger partial charge in [-0.15, -0.1) is 0 Å². The molecule has 0 fully saturated rings. The normalized spacial score (nSPS) is 14.4. The second-order valence-electron chi connectivity index (χ2n) is 4.44. The summed E-state index contributed by atoms with van der Waals surface area (Å²) in [5, 5.41) is 0.773. The molecular formula is C14H18ClN3. The molecule has 2 rings (SSSR count). The van der Waals surface area contributed by atoms with E-state index in [-0.39, 0.29) is 12.1 Å². The molecule has 1 aromatic heterocycles. The van der Waals surface area contributed by atoms with Crippen LogP contribution < -0.4 is 5.73 Å². The highest BCUT2D eigenvalue weighted by Gasteiger charge is 2.16. The van der Waals surface area contributed by atoms with E-state index in [1.807, 2.05) is 36.8 Å². The fraction of sp³-hybridized carbons (Fsp3) is 0.357. The van der Waals surface area contributed by atoms with Crippen molar-refractivity contribution in [1.29, 1.82) is 0 Å². The highest BCUT2D eigenvalue weighted by molar-refractivity contribution is 6.31. The van der Waals surface area contributed by atoms with Crippen LogP contribution in [0, 0.1) is 0 Å². The summed E-state index contributed by atoms with van der Waals surface area (Å²) in [5.74, 6) is 0.